The average molecular weight is 363 g/mol. The number of ether oxygens (including phenoxy) is 2. The number of hydrogen-bond donors (Lipinski definition) is 4. The molecular formula is C14H19BrO6. The topological polar surface area (TPSA) is 99.4 Å². The minimum absolute atomic E-state index is 0.476. The van der Waals surface area contributed by atoms with Crippen LogP contribution in [-0.2, 0) is 4.74 Å². The van der Waals surface area contributed by atoms with Crippen molar-refractivity contribution in [3.63, 3.8) is 0 Å². The zero-order valence-corrected chi connectivity index (χ0v) is 13.3. The summed E-state index contributed by atoms with van der Waals surface area (Å²) >= 11 is 3.34. The lowest BCUT2D eigenvalue weighted by molar-refractivity contribution is -0.315. The SMILES string of the molecule is Cc1cc(Br)ccc1O[C@H]1O[C@H](CO)[C@@H](O)[C@H](O)[C@]1(C)O. The summed E-state index contributed by atoms with van der Waals surface area (Å²) in [4.78, 5) is 0. The number of aliphatic hydroxyl groups excluding tert-OH is 3. The molecule has 1 fully saturated rings. The Kier molecular flexibility index (Phi) is 4.92. The zero-order valence-electron chi connectivity index (χ0n) is 11.7. The fraction of sp³-hybridized carbons (Fsp3) is 0.571. The van der Waals surface area contributed by atoms with Crippen LogP contribution in [0.3, 0.4) is 0 Å². The Labute approximate surface area is 131 Å². The van der Waals surface area contributed by atoms with Crippen molar-refractivity contribution in [2.45, 2.75) is 44.1 Å². The van der Waals surface area contributed by atoms with Crippen molar-refractivity contribution in [1.29, 1.82) is 0 Å². The highest BCUT2D eigenvalue weighted by molar-refractivity contribution is 9.10. The first-order valence-electron chi connectivity index (χ1n) is 6.55. The molecule has 0 aromatic heterocycles. The predicted molar refractivity (Wildman–Crippen MR) is 77.9 cm³/mol. The van der Waals surface area contributed by atoms with E-state index in [1.165, 1.54) is 6.92 Å². The summed E-state index contributed by atoms with van der Waals surface area (Å²) in [5.41, 5.74) is -1.00. The second-order valence-electron chi connectivity index (χ2n) is 5.38. The average Bonchev–Trinajstić information content (AvgIpc) is 2.42. The van der Waals surface area contributed by atoms with Crippen LogP contribution in [0, 0.1) is 6.92 Å². The summed E-state index contributed by atoms with van der Waals surface area (Å²) in [6.07, 6.45) is -5.13. The standard InChI is InChI=1S/C14H19BrO6/c1-7-5-8(15)3-4-9(7)20-13-14(2,19)12(18)11(17)10(6-16)21-13/h3-5,10-13,16-19H,6H2,1-2H3/t10-,11-,12+,13+,14+/m1/s1. The van der Waals surface area contributed by atoms with Gasteiger partial charge in [0.15, 0.2) is 5.60 Å². The van der Waals surface area contributed by atoms with Crippen molar-refractivity contribution in [3.05, 3.63) is 28.2 Å². The van der Waals surface area contributed by atoms with E-state index < -0.39 is 36.8 Å². The van der Waals surface area contributed by atoms with Crippen LogP contribution in [0.25, 0.3) is 0 Å². The molecular weight excluding hydrogens is 344 g/mol. The normalized spacial score (nSPS) is 36.5. The van der Waals surface area contributed by atoms with Crippen molar-refractivity contribution in [2.24, 2.45) is 0 Å². The van der Waals surface area contributed by atoms with Crippen LogP contribution in [-0.4, -0.2) is 57.2 Å². The Morgan fingerprint density at radius 1 is 1.38 bits per heavy atom. The quantitative estimate of drug-likeness (QED) is 0.618. The van der Waals surface area contributed by atoms with E-state index in [0.29, 0.717) is 5.75 Å². The molecule has 0 radical (unpaired) electrons. The molecule has 0 spiro atoms. The Bertz CT molecular complexity index is 506. The lowest BCUT2D eigenvalue weighted by Crippen LogP contribution is -2.66. The number of hydrogen-bond acceptors (Lipinski definition) is 6. The predicted octanol–water partition coefficient (Wildman–Crippen LogP) is 0.326. The van der Waals surface area contributed by atoms with Gasteiger partial charge in [-0.1, -0.05) is 15.9 Å². The molecule has 0 unspecified atom stereocenters. The van der Waals surface area contributed by atoms with E-state index in [1.54, 1.807) is 12.1 Å². The highest BCUT2D eigenvalue weighted by Crippen LogP contribution is 2.33. The zero-order chi connectivity index (χ0) is 15.8. The maximum atomic E-state index is 10.3. The maximum absolute atomic E-state index is 10.3. The van der Waals surface area contributed by atoms with E-state index in [0.717, 1.165) is 10.0 Å². The molecule has 0 bridgehead atoms. The monoisotopic (exact) mass is 362 g/mol. The molecule has 1 aromatic rings. The molecule has 7 heteroatoms. The van der Waals surface area contributed by atoms with Crippen LogP contribution >= 0.6 is 15.9 Å². The Balaban J connectivity index is 2.24. The molecule has 2 rings (SSSR count). The summed E-state index contributed by atoms with van der Waals surface area (Å²) in [6.45, 7) is 2.65. The van der Waals surface area contributed by atoms with E-state index >= 15 is 0 Å². The van der Waals surface area contributed by atoms with Crippen LogP contribution < -0.4 is 4.74 Å². The lowest BCUT2D eigenvalue weighted by Gasteiger charge is -2.45. The van der Waals surface area contributed by atoms with Crippen molar-refractivity contribution < 1.29 is 29.9 Å². The minimum atomic E-state index is -1.81. The van der Waals surface area contributed by atoms with Gasteiger partial charge in [-0.25, -0.2) is 0 Å². The summed E-state index contributed by atoms with van der Waals surface area (Å²) in [5.74, 6) is 0.476. The van der Waals surface area contributed by atoms with Crippen LogP contribution in [0.4, 0.5) is 0 Å². The van der Waals surface area contributed by atoms with Gasteiger partial charge in [-0.15, -0.1) is 0 Å². The van der Waals surface area contributed by atoms with Gasteiger partial charge in [-0.3, -0.25) is 0 Å². The smallest absolute Gasteiger partial charge is 0.231 e. The molecule has 1 aromatic carbocycles. The number of halogens is 1. The van der Waals surface area contributed by atoms with E-state index in [-0.39, 0.29) is 0 Å². The molecule has 0 saturated carbocycles. The highest BCUT2D eigenvalue weighted by Gasteiger charge is 2.53. The van der Waals surface area contributed by atoms with Gasteiger partial charge in [-0.2, -0.15) is 0 Å². The Morgan fingerprint density at radius 2 is 2.05 bits per heavy atom. The van der Waals surface area contributed by atoms with Gasteiger partial charge in [0.2, 0.25) is 6.29 Å². The van der Waals surface area contributed by atoms with E-state index in [9.17, 15) is 20.4 Å². The number of aryl methyl sites for hydroxylation is 1. The Hall–Kier alpha value is -0.700. The van der Waals surface area contributed by atoms with Crippen LogP contribution in [0.5, 0.6) is 5.75 Å². The van der Waals surface area contributed by atoms with Gasteiger partial charge in [-0.05, 0) is 37.6 Å². The third-order valence-corrected chi connectivity index (χ3v) is 4.12. The third kappa shape index (κ3) is 3.23. The molecule has 0 amide bonds. The summed E-state index contributed by atoms with van der Waals surface area (Å²) in [5, 5.41) is 39.3. The van der Waals surface area contributed by atoms with E-state index in [1.807, 2.05) is 13.0 Å². The van der Waals surface area contributed by atoms with Crippen molar-refractivity contribution in [3.8, 4) is 5.75 Å². The fourth-order valence-corrected chi connectivity index (χ4v) is 2.70. The van der Waals surface area contributed by atoms with Gasteiger partial charge < -0.3 is 29.9 Å². The van der Waals surface area contributed by atoms with Crippen molar-refractivity contribution in [1.82, 2.24) is 0 Å². The molecule has 1 heterocycles. The number of benzene rings is 1. The van der Waals surface area contributed by atoms with Crippen molar-refractivity contribution >= 4 is 15.9 Å². The molecule has 0 aliphatic carbocycles. The summed E-state index contributed by atoms with van der Waals surface area (Å²) in [7, 11) is 0. The fourth-order valence-electron chi connectivity index (χ4n) is 2.22. The molecule has 1 saturated heterocycles. The van der Waals surface area contributed by atoms with E-state index in [2.05, 4.69) is 15.9 Å². The first-order chi connectivity index (χ1) is 9.77. The molecule has 5 atom stereocenters. The first-order valence-corrected chi connectivity index (χ1v) is 7.34. The highest BCUT2D eigenvalue weighted by atomic mass is 79.9. The van der Waals surface area contributed by atoms with Crippen LogP contribution in [0.15, 0.2) is 22.7 Å². The van der Waals surface area contributed by atoms with Crippen LogP contribution in [0.1, 0.15) is 12.5 Å². The van der Waals surface area contributed by atoms with Gasteiger partial charge in [0.05, 0.1) is 6.61 Å². The molecule has 4 N–H and O–H groups in total. The second-order valence-corrected chi connectivity index (χ2v) is 6.29. The Morgan fingerprint density at radius 3 is 2.62 bits per heavy atom. The number of rotatable bonds is 3. The van der Waals surface area contributed by atoms with Gasteiger partial charge in [0.1, 0.15) is 24.1 Å². The van der Waals surface area contributed by atoms with E-state index in [4.69, 9.17) is 9.47 Å². The largest absolute Gasteiger partial charge is 0.461 e. The van der Waals surface area contributed by atoms with Crippen molar-refractivity contribution in [2.75, 3.05) is 6.61 Å². The number of aliphatic hydroxyl groups is 4. The first kappa shape index (κ1) is 16.7. The minimum Gasteiger partial charge on any atom is -0.461 e. The molecule has 1 aliphatic rings. The summed E-state index contributed by atoms with van der Waals surface area (Å²) in [6, 6.07) is 5.31. The van der Waals surface area contributed by atoms with Gasteiger partial charge >= 0.3 is 0 Å². The third-order valence-electron chi connectivity index (χ3n) is 3.63. The lowest BCUT2D eigenvalue weighted by atomic mass is 9.88. The molecule has 21 heavy (non-hydrogen) atoms. The molecule has 1 aliphatic heterocycles. The van der Waals surface area contributed by atoms with Crippen LogP contribution in [0.2, 0.25) is 0 Å². The maximum Gasteiger partial charge on any atom is 0.231 e. The van der Waals surface area contributed by atoms with Gasteiger partial charge in [0, 0.05) is 4.47 Å². The van der Waals surface area contributed by atoms with Gasteiger partial charge in [0.25, 0.3) is 0 Å². The summed E-state index contributed by atoms with van der Waals surface area (Å²) < 4.78 is 11.9. The molecule has 6 nitrogen and oxygen atoms in total. The second kappa shape index (κ2) is 6.20. The molecule has 118 valence electrons.